The second-order valence-corrected chi connectivity index (χ2v) is 6.24. The molecule has 0 aliphatic carbocycles. The molecule has 0 fully saturated rings. The maximum absolute atomic E-state index is 12.2. The summed E-state index contributed by atoms with van der Waals surface area (Å²) in [6.07, 6.45) is -0.100. The SMILES string of the molecule is O=C(Cc1ccccc1[N+](=O)[O-])NCc1nnnn1-c1ccc(Br)cc1. The van der Waals surface area contributed by atoms with Gasteiger partial charge in [-0.15, -0.1) is 5.10 Å². The van der Waals surface area contributed by atoms with E-state index in [2.05, 4.69) is 36.8 Å². The maximum Gasteiger partial charge on any atom is 0.273 e. The molecule has 0 aliphatic heterocycles. The fourth-order valence-corrected chi connectivity index (χ4v) is 2.61. The number of tetrazole rings is 1. The Hall–Kier alpha value is -3.14. The Labute approximate surface area is 156 Å². The second kappa shape index (κ2) is 7.83. The van der Waals surface area contributed by atoms with Crippen molar-refractivity contribution in [2.45, 2.75) is 13.0 Å². The number of para-hydroxylation sites is 1. The van der Waals surface area contributed by atoms with Gasteiger partial charge in [-0.1, -0.05) is 34.1 Å². The molecule has 0 spiro atoms. The summed E-state index contributed by atoms with van der Waals surface area (Å²) < 4.78 is 2.44. The molecule has 0 saturated carbocycles. The van der Waals surface area contributed by atoms with Gasteiger partial charge in [0.2, 0.25) is 5.91 Å². The number of aromatic nitrogens is 4. The number of nitrogens with one attached hydrogen (secondary N) is 1. The predicted octanol–water partition coefficient (Wildman–Crippen LogP) is 2.19. The van der Waals surface area contributed by atoms with E-state index in [4.69, 9.17) is 0 Å². The first-order valence-corrected chi connectivity index (χ1v) is 8.36. The van der Waals surface area contributed by atoms with E-state index in [-0.39, 0.29) is 24.6 Å². The van der Waals surface area contributed by atoms with Gasteiger partial charge in [0.25, 0.3) is 5.69 Å². The zero-order valence-corrected chi connectivity index (χ0v) is 15.0. The van der Waals surface area contributed by atoms with E-state index in [1.54, 1.807) is 18.2 Å². The molecule has 3 aromatic rings. The number of nitrogens with zero attached hydrogens (tertiary/aromatic N) is 5. The average molecular weight is 417 g/mol. The van der Waals surface area contributed by atoms with Crippen molar-refractivity contribution in [3.63, 3.8) is 0 Å². The van der Waals surface area contributed by atoms with Crippen LogP contribution in [0.5, 0.6) is 0 Å². The van der Waals surface area contributed by atoms with Crippen LogP contribution in [0.3, 0.4) is 0 Å². The molecule has 0 aliphatic rings. The Bertz CT molecular complexity index is 941. The highest BCUT2D eigenvalue weighted by Crippen LogP contribution is 2.18. The van der Waals surface area contributed by atoms with Crippen LogP contribution in [0.2, 0.25) is 0 Å². The van der Waals surface area contributed by atoms with Crippen molar-refractivity contribution >= 4 is 27.5 Å². The van der Waals surface area contributed by atoms with Crippen LogP contribution in [0.15, 0.2) is 53.0 Å². The number of rotatable bonds is 6. The van der Waals surface area contributed by atoms with E-state index in [9.17, 15) is 14.9 Å². The largest absolute Gasteiger partial charge is 0.348 e. The van der Waals surface area contributed by atoms with Gasteiger partial charge in [-0.2, -0.15) is 4.68 Å². The number of amides is 1. The lowest BCUT2D eigenvalue weighted by molar-refractivity contribution is -0.385. The number of hydrogen-bond donors (Lipinski definition) is 1. The van der Waals surface area contributed by atoms with Gasteiger partial charge in [-0.05, 0) is 34.7 Å². The number of carbonyl (C=O) groups excluding carboxylic acids is 1. The van der Waals surface area contributed by atoms with E-state index in [1.165, 1.54) is 10.7 Å². The molecule has 0 radical (unpaired) electrons. The molecule has 10 heteroatoms. The number of halogens is 1. The number of hydrogen-bond acceptors (Lipinski definition) is 6. The highest BCUT2D eigenvalue weighted by Gasteiger charge is 2.16. The van der Waals surface area contributed by atoms with Crippen LogP contribution in [0.25, 0.3) is 5.69 Å². The first-order valence-electron chi connectivity index (χ1n) is 7.57. The summed E-state index contributed by atoms with van der Waals surface area (Å²) >= 11 is 3.36. The number of nitro benzene ring substituents is 1. The summed E-state index contributed by atoms with van der Waals surface area (Å²) in [6.45, 7) is 0.0997. The minimum Gasteiger partial charge on any atom is -0.348 e. The van der Waals surface area contributed by atoms with Gasteiger partial charge in [0.05, 0.1) is 23.6 Å². The first kappa shape index (κ1) is 17.7. The highest BCUT2D eigenvalue weighted by molar-refractivity contribution is 9.10. The minimum atomic E-state index is -0.503. The van der Waals surface area contributed by atoms with Crippen LogP contribution in [0.4, 0.5) is 5.69 Å². The molecule has 2 aromatic carbocycles. The van der Waals surface area contributed by atoms with E-state index in [0.29, 0.717) is 11.4 Å². The van der Waals surface area contributed by atoms with Crippen LogP contribution in [-0.4, -0.2) is 31.0 Å². The van der Waals surface area contributed by atoms with Crippen molar-refractivity contribution in [1.82, 2.24) is 25.5 Å². The monoisotopic (exact) mass is 416 g/mol. The summed E-state index contributed by atoms with van der Waals surface area (Å²) in [7, 11) is 0. The van der Waals surface area contributed by atoms with Gasteiger partial charge in [-0.25, -0.2) is 0 Å². The number of carbonyl (C=O) groups is 1. The van der Waals surface area contributed by atoms with Crippen molar-refractivity contribution in [3.05, 3.63) is 74.5 Å². The molecule has 1 amide bonds. The Balaban J connectivity index is 1.67. The molecule has 26 heavy (non-hydrogen) atoms. The third-order valence-corrected chi connectivity index (χ3v) is 4.12. The van der Waals surface area contributed by atoms with E-state index >= 15 is 0 Å². The lowest BCUT2D eigenvalue weighted by atomic mass is 10.1. The van der Waals surface area contributed by atoms with E-state index < -0.39 is 4.92 Å². The molecular weight excluding hydrogens is 404 g/mol. The minimum absolute atomic E-state index is 0.0812. The summed E-state index contributed by atoms with van der Waals surface area (Å²) in [4.78, 5) is 22.7. The third kappa shape index (κ3) is 4.09. The van der Waals surface area contributed by atoms with Crippen LogP contribution >= 0.6 is 15.9 Å². The molecule has 1 N–H and O–H groups in total. The fraction of sp³-hybridized carbons (Fsp3) is 0.125. The van der Waals surface area contributed by atoms with Crippen LogP contribution in [0.1, 0.15) is 11.4 Å². The molecular formula is C16H13BrN6O3. The smallest absolute Gasteiger partial charge is 0.273 e. The molecule has 0 saturated heterocycles. The second-order valence-electron chi connectivity index (χ2n) is 5.32. The summed E-state index contributed by atoms with van der Waals surface area (Å²) in [5, 5.41) is 25.2. The Kier molecular flexibility index (Phi) is 5.32. The lowest BCUT2D eigenvalue weighted by Gasteiger charge is -2.07. The summed E-state index contributed by atoms with van der Waals surface area (Å²) in [6, 6.07) is 13.5. The zero-order valence-electron chi connectivity index (χ0n) is 13.4. The predicted molar refractivity (Wildman–Crippen MR) is 95.5 cm³/mol. The molecule has 1 heterocycles. The van der Waals surface area contributed by atoms with Crippen molar-refractivity contribution in [1.29, 1.82) is 0 Å². The van der Waals surface area contributed by atoms with Gasteiger partial charge in [0.15, 0.2) is 5.82 Å². The zero-order chi connectivity index (χ0) is 18.5. The Morgan fingerprint density at radius 1 is 1.19 bits per heavy atom. The van der Waals surface area contributed by atoms with Gasteiger partial charge in [0, 0.05) is 16.1 Å². The molecule has 3 rings (SSSR count). The van der Waals surface area contributed by atoms with E-state index in [1.807, 2.05) is 24.3 Å². The van der Waals surface area contributed by atoms with Gasteiger partial charge < -0.3 is 5.32 Å². The lowest BCUT2D eigenvalue weighted by Crippen LogP contribution is -2.26. The molecule has 132 valence electrons. The van der Waals surface area contributed by atoms with Crippen LogP contribution in [-0.2, 0) is 17.8 Å². The number of nitro groups is 1. The van der Waals surface area contributed by atoms with Crippen molar-refractivity contribution < 1.29 is 9.72 Å². The highest BCUT2D eigenvalue weighted by atomic mass is 79.9. The molecule has 9 nitrogen and oxygen atoms in total. The van der Waals surface area contributed by atoms with E-state index in [0.717, 1.165) is 10.2 Å². The normalized spacial score (nSPS) is 10.5. The maximum atomic E-state index is 12.2. The van der Waals surface area contributed by atoms with Gasteiger partial charge >= 0.3 is 0 Å². The van der Waals surface area contributed by atoms with Gasteiger partial charge in [0.1, 0.15) is 0 Å². The average Bonchev–Trinajstić information content (AvgIpc) is 3.09. The van der Waals surface area contributed by atoms with Gasteiger partial charge in [-0.3, -0.25) is 14.9 Å². The third-order valence-electron chi connectivity index (χ3n) is 3.59. The Morgan fingerprint density at radius 3 is 2.65 bits per heavy atom. The standard InChI is InChI=1S/C16H13BrN6O3/c17-12-5-7-13(8-6-12)22-15(19-20-21-22)10-18-16(24)9-11-3-1-2-4-14(11)23(25)26/h1-8H,9-10H2,(H,18,24). The molecule has 1 aromatic heterocycles. The van der Waals surface area contributed by atoms with Crippen LogP contribution < -0.4 is 5.32 Å². The van der Waals surface area contributed by atoms with Crippen molar-refractivity contribution in [2.24, 2.45) is 0 Å². The molecule has 0 unspecified atom stereocenters. The Morgan fingerprint density at radius 2 is 1.92 bits per heavy atom. The van der Waals surface area contributed by atoms with Crippen molar-refractivity contribution in [2.75, 3.05) is 0 Å². The fourth-order valence-electron chi connectivity index (χ4n) is 2.35. The van der Waals surface area contributed by atoms with Crippen molar-refractivity contribution in [3.8, 4) is 5.69 Å². The summed E-state index contributed by atoms with van der Waals surface area (Å²) in [5.41, 5.74) is 1.02. The summed E-state index contributed by atoms with van der Waals surface area (Å²) in [5.74, 6) is 0.0906. The number of benzene rings is 2. The molecule has 0 atom stereocenters. The topological polar surface area (TPSA) is 116 Å². The quantitative estimate of drug-likeness (QED) is 0.486. The first-order chi connectivity index (χ1) is 12.5. The van der Waals surface area contributed by atoms with Crippen LogP contribution in [0, 0.1) is 10.1 Å². The molecule has 0 bridgehead atoms.